The summed E-state index contributed by atoms with van der Waals surface area (Å²) in [5.41, 5.74) is 1.88. The molecule has 0 aliphatic carbocycles. The summed E-state index contributed by atoms with van der Waals surface area (Å²) in [6, 6.07) is 17.6. The Balaban J connectivity index is 1.45. The molecule has 2 aromatic heterocycles. The summed E-state index contributed by atoms with van der Waals surface area (Å²) >= 11 is 1.27. The molecule has 43 heavy (non-hydrogen) atoms. The van der Waals surface area contributed by atoms with Crippen LogP contribution in [0.4, 0.5) is 11.6 Å². The van der Waals surface area contributed by atoms with E-state index in [0.29, 0.717) is 55.0 Å². The maximum Gasteiger partial charge on any atom is 0.271 e. The second-order valence-corrected chi connectivity index (χ2v) is 11.9. The van der Waals surface area contributed by atoms with E-state index in [1.165, 1.54) is 11.3 Å². The summed E-state index contributed by atoms with van der Waals surface area (Å²) < 4.78 is 19.3. The van der Waals surface area contributed by atoms with Crippen LogP contribution in [0, 0.1) is 5.92 Å². The molecule has 2 aromatic carbocycles. The van der Waals surface area contributed by atoms with Gasteiger partial charge in [0.2, 0.25) is 0 Å². The number of para-hydroxylation sites is 1. The van der Waals surface area contributed by atoms with Crippen LogP contribution in [0.3, 0.4) is 0 Å². The highest BCUT2D eigenvalue weighted by atomic mass is 32.1. The van der Waals surface area contributed by atoms with Crippen LogP contribution < -0.4 is 34.6 Å². The monoisotopic (exact) mass is 598 g/mol. The normalized spacial score (nSPS) is 17.4. The Kier molecular flexibility index (Phi) is 7.94. The molecule has 1 N–H and O–H groups in total. The van der Waals surface area contributed by atoms with Gasteiger partial charge < -0.3 is 24.1 Å². The molecule has 0 saturated carbocycles. The Labute approximate surface area is 253 Å². The summed E-state index contributed by atoms with van der Waals surface area (Å²) in [7, 11) is 3.13. The Morgan fingerprint density at radius 2 is 1.84 bits per heavy atom. The number of anilines is 2. The molecular formula is C33H34N4O5S. The first-order valence-electron chi connectivity index (χ1n) is 14.3. The minimum Gasteiger partial charge on any atom is -0.497 e. The van der Waals surface area contributed by atoms with Crippen molar-refractivity contribution in [2.24, 2.45) is 10.9 Å². The summed E-state index contributed by atoms with van der Waals surface area (Å²) in [5.74, 6) is 2.85. The van der Waals surface area contributed by atoms with E-state index < -0.39 is 6.04 Å². The number of allylic oxidation sites excluding steroid dienone is 1. The van der Waals surface area contributed by atoms with Crippen LogP contribution in [0.5, 0.6) is 11.5 Å². The van der Waals surface area contributed by atoms with Crippen molar-refractivity contribution in [2.75, 3.05) is 37.5 Å². The van der Waals surface area contributed by atoms with E-state index in [2.05, 4.69) is 17.1 Å². The zero-order valence-electron chi connectivity index (χ0n) is 24.6. The number of rotatable bonds is 7. The number of nitrogens with zero attached hydrogens (tertiary/aromatic N) is 3. The first-order valence-corrected chi connectivity index (χ1v) is 15.1. The molecule has 0 spiro atoms. The van der Waals surface area contributed by atoms with E-state index in [9.17, 15) is 9.59 Å². The second-order valence-electron chi connectivity index (χ2n) is 10.9. The van der Waals surface area contributed by atoms with E-state index in [0.717, 1.165) is 31.8 Å². The van der Waals surface area contributed by atoms with Crippen molar-refractivity contribution in [1.29, 1.82) is 0 Å². The fraction of sp³-hybridized carbons (Fsp3) is 0.303. The molecule has 0 unspecified atom stereocenters. The number of thiazole rings is 1. The van der Waals surface area contributed by atoms with E-state index in [-0.39, 0.29) is 11.5 Å². The van der Waals surface area contributed by atoms with Gasteiger partial charge in [0.25, 0.3) is 11.5 Å². The van der Waals surface area contributed by atoms with Crippen LogP contribution >= 0.6 is 11.3 Å². The molecule has 4 heterocycles. The molecule has 0 bridgehead atoms. The fourth-order valence-electron chi connectivity index (χ4n) is 5.62. The number of amides is 1. The molecule has 1 saturated heterocycles. The fourth-order valence-corrected chi connectivity index (χ4v) is 6.64. The van der Waals surface area contributed by atoms with Crippen molar-refractivity contribution in [3.8, 4) is 11.5 Å². The predicted octanol–water partition coefficient (Wildman–Crippen LogP) is 4.72. The van der Waals surface area contributed by atoms with Crippen molar-refractivity contribution in [2.45, 2.75) is 32.7 Å². The molecule has 2 aliphatic rings. The molecule has 0 radical (unpaired) electrons. The van der Waals surface area contributed by atoms with Gasteiger partial charge in [0.1, 0.15) is 23.3 Å². The number of hydrogen-bond donors (Lipinski definition) is 1. The average molecular weight is 599 g/mol. The van der Waals surface area contributed by atoms with Crippen molar-refractivity contribution < 1.29 is 18.7 Å². The third kappa shape index (κ3) is 5.62. The van der Waals surface area contributed by atoms with Gasteiger partial charge in [-0.15, -0.1) is 0 Å². The number of nitrogens with one attached hydrogen (secondary N) is 1. The first-order chi connectivity index (χ1) is 20.9. The van der Waals surface area contributed by atoms with Gasteiger partial charge in [-0.05, 0) is 56.0 Å². The summed E-state index contributed by atoms with van der Waals surface area (Å²) in [4.78, 5) is 35.4. The number of furan rings is 1. The number of carbonyl (C=O) groups excluding carboxylic acids is 1. The molecule has 10 heteroatoms. The van der Waals surface area contributed by atoms with E-state index >= 15 is 0 Å². The SMILES string of the molecule is COc1ccc([C@H]2C(C(=O)Nc3ccccc3)=C(C)N=c3s/c(=C/c4ccc(N5CCC(C)CC5)o4)c(=O)n32)c(OC)c1. The zero-order valence-corrected chi connectivity index (χ0v) is 25.4. The van der Waals surface area contributed by atoms with Gasteiger partial charge in [-0.1, -0.05) is 36.5 Å². The highest BCUT2D eigenvalue weighted by Gasteiger charge is 2.34. The minimum absolute atomic E-state index is 0.270. The summed E-state index contributed by atoms with van der Waals surface area (Å²) in [5, 5.41) is 2.97. The van der Waals surface area contributed by atoms with Crippen LogP contribution in [0.2, 0.25) is 0 Å². The van der Waals surface area contributed by atoms with Gasteiger partial charge in [0.05, 0.1) is 30.0 Å². The Bertz CT molecular complexity index is 1860. The first kappa shape index (κ1) is 28.5. The Morgan fingerprint density at radius 1 is 1.07 bits per heavy atom. The van der Waals surface area contributed by atoms with Crippen LogP contribution in [-0.2, 0) is 4.79 Å². The molecule has 6 rings (SSSR count). The van der Waals surface area contributed by atoms with Crippen molar-refractivity contribution in [3.05, 3.63) is 103 Å². The quantitative estimate of drug-likeness (QED) is 0.331. The lowest BCUT2D eigenvalue weighted by molar-refractivity contribution is -0.113. The third-order valence-electron chi connectivity index (χ3n) is 8.01. The molecule has 2 aliphatic heterocycles. The Morgan fingerprint density at radius 3 is 2.56 bits per heavy atom. The summed E-state index contributed by atoms with van der Waals surface area (Å²) in [6.07, 6.45) is 4.01. The minimum atomic E-state index is -0.787. The number of fused-ring (bicyclic) bond motifs is 1. The van der Waals surface area contributed by atoms with E-state index in [1.807, 2.05) is 48.5 Å². The molecule has 222 valence electrons. The predicted molar refractivity (Wildman–Crippen MR) is 168 cm³/mol. The maximum atomic E-state index is 14.1. The van der Waals surface area contributed by atoms with Gasteiger partial charge in [-0.3, -0.25) is 14.2 Å². The number of piperidine rings is 1. The van der Waals surface area contributed by atoms with Crippen LogP contribution in [-0.4, -0.2) is 37.8 Å². The highest BCUT2D eigenvalue weighted by Crippen LogP contribution is 2.37. The molecule has 1 fully saturated rings. The third-order valence-corrected chi connectivity index (χ3v) is 9.00. The largest absolute Gasteiger partial charge is 0.497 e. The number of hydrogen-bond acceptors (Lipinski definition) is 8. The standard InChI is InChI=1S/C33H34N4O5S/c1-20-14-16-36(17-15-20)28-13-11-24(42-28)19-27-32(39)37-30(25-12-10-23(40-3)18-26(25)41-4)29(21(2)34-33(37)43-27)31(38)35-22-8-6-5-7-9-22/h5-13,18-20,30H,14-17H2,1-4H3,(H,35,38)/b27-19+/t30-/m0/s1. The smallest absolute Gasteiger partial charge is 0.271 e. The van der Waals surface area contributed by atoms with Crippen LogP contribution in [0.25, 0.3) is 6.08 Å². The topological polar surface area (TPSA) is 98.3 Å². The van der Waals surface area contributed by atoms with Gasteiger partial charge in [-0.25, -0.2) is 4.99 Å². The molecular weight excluding hydrogens is 564 g/mol. The molecule has 1 atom stereocenters. The lowest BCUT2D eigenvalue weighted by Crippen LogP contribution is -2.40. The second kappa shape index (κ2) is 12.0. The van der Waals surface area contributed by atoms with Gasteiger partial charge in [-0.2, -0.15) is 0 Å². The van der Waals surface area contributed by atoms with Crippen molar-refractivity contribution in [3.63, 3.8) is 0 Å². The Hall–Kier alpha value is -4.57. The number of aromatic nitrogens is 1. The maximum absolute atomic E-state index is 14.1. The number of carbonyl (C=O) groups is 1. The van der Waals surface area contributed by atoms with E-state index in [1.54, 1.807) is 43.9 Å². The van der Waals surface area contributed by atoms with E-state index in [4.69, 9.17) is 18.9 Å². The molecule has 9 nitrogen and oxygen atoms in total. The lowest BCUT2D eigenvalue weighted by atomic mass is 9.94. The molecule has 4 aromatic rings. The number of benzene rings is 2. The van der Waals surface area contributed by atoms with Crippen molar-refractivity contribution >= 4 is 34.9 Å². The van der Waals surface area contributed by atoms with Gasteiger partial charge >= 0.3 is 0 Å². The van der Waals surface area contributed by atoms with Crippen LogP contribution in [0.1, 0.15) is 44.1 Å². The van der Waals surface area contributed by atoms with Crippen LogP contribution in [0.15, 0.2) is 86.1 Å². The number of methoxy groups -OCH3 is 2. The van der Waals surface area contributed by atoms with Gasteiger partial charge in [0, 0.05) is 42.5 Å². The van der Waals surface area contributed by atoms with Crippen molar-refractivity contribution in [1.82, 2.24) is 4.57 Å². The van der Waals surface area contributed by atoms with Gasteiger partial charge in [0.15, 0.2) is 10.7 Å². The number of ether oxygens (including phenoxy) is 2. The lowest BCUT2D eigenvalue weighted by Gasteiger charge is -2.29. The zero-order chi connectivity index (χ0) is 30.1. The highest BCUT2D eigenvalue weighted by molar-refractivity contribution is 7.07. The average Bonchev–Trinajstić information content (AvgIpc) is 3.61. The summed E-state index contributed by atoms with van der Waals surface area (Å²) in [6.45, 7) is 5.97. The molecule has 1 amide bonds.